The molecule has 88 valence electrons. The van der Waals surface area contributed by atoms with Crippen molar-refractivity contribution in [1.29, 1.82) is 0 Å². The number of alkyl halides is 3. The lowest BCUT2D eigenvalue weighted by Gasteiger charge is -2.13. The van der Waals surface area contributed by atoms with Gasteiger partial charge in [0.1, 0.15) is 3.70 Å². The summed E-state index contributed by atoms with van der Waals surface area (Å²) in [5, 5.41) is 0. The highest BCUT2D eigenvalue weighted by atomic mass is 127. The fraction of sp³-hybridized carbons (Fsp3) is 0.250. The van der Waals surface area contributed by atoms with E-state index in [0.29, 0.717) is 0 Å². The average molecular weight is 346 g/mol. The first-order valence-corrected chi connectivity index (χ1v) is 5.05. The molecule has 8 heteroatoms. The molecular weight excluding hydrogens is 340 g/mol. The van der Waals surface area contributed by atoms with Crippen LogP contribution in [0.25, 0.3) is 0 Å². The van der Waals surface area contributed by atoms with Crippen LogP contribution < -0.4 is 10.5 Å². The Hall–Kier alpha value is -0.900. The van der Waals surface area contributed by atoms with Crippen molar-refractivity contribution in [3.05, 3.63) is 21.0 Å². The molecule has 0 aromatic carbocycles. The summed E-state index contributed by atoms with van der Waals surface area (Å²) in [5.74, 6) is -0.606. The van der Waals surface area contributed by atoms with Gasteiger partial charge in [0.25, 0.3) is 0 Å². The Balaban J connectivity index is 3.29. The number of carbonyl (C=O) groups is 1. The lowest BCUT2D eigenvalue weighted by molar-refractivity contribution is -0.275. The predicted molar refractivity (Wildman–Crippen MR) is 56.9 cm³/mol. The maximum atomic E-state index is 12.1. The monoisotopic (exact) mass is 346 g/mol. The van der Waals surface area contributed by atoms with Gasteiger partial charge in [-0.25, -0.2) is 4.98 Å². The van der Waals surface area contributed by atoms with Crippen molar-refractivity contribution in [3.8, 4) is 5.75 Å². The van der Waals surface area contributed by atoms with Gasteiger partial charge in [0.05, 0.1) is 5.56 Å². The van der Waals surface area contributed by atoms with Gasteiger partial charge in [0.2, 0.25) is 0 Å². The van der Waals surface area contributed by atoms with Gasteiger partial charge in [-0.1, -0.05) is 0 Å². The highest BCUT2D eigenvalue weighted by Crippen LogP contribution is 2.30. The number of ether oxygens (including phenoxy) is 1. The minimum atomic E-state index is -4.87. The Morgan fingerprint density at radius 2 is 2.19 bits per heavy atom. The fourth-order valence-electron chi connectivity index (χ4n) is 1.02. The van der Waals surface area contributed by atoms with E-state index in [2.05, 4.69) is 9.72 Å². The van der Waals surface area contributed by atoms with Gasteiger partial charge in [0, 0.05) is 12.7 Å². The molecule has 0 amide bonds. The number of pyridine rings is 1. The molecule has 0 spiro atoms. The van der Waals surface area contributed by atoms with Crippen LogP contribution in [-0.4, -0.2) is 17.6 Å². The number of nitrogens with zero attached hydrogens (tertiary/aromatic N) is 1. The molecule has 0 unspecified atom stereocenters. The summed E-state index contributed by atoms with van der Waals surface area (Å²) in [6.45, 7) is -0.0911. The van der Waals surface area contributed by atoms with E-state index in [-0.39, 0.29) is 27.7 Å². The first-order valence-electron chi connectivity index (χ1n) is 3.97. The highest BCUT2D eigenvalue weighted by Gasteiger charge is 2.34. The molecule has 0 atom stereocenters. The number of hydrogen-bond donors (Lipinski definition) is 1. The minimum Gasteiger partial charge on any atom is -0.402 e. The molecule has 0 fully saturated rings. The van der Waals surface area contributed by atoms with Crippen LogP contribution in [0.1, 0.15) is 15.9 Å². The van der Waals surface area contributed by atoms with Gasteiger partial charge >= 0.3 is 6.36 Å². The first-order chi connectivity index (χ1) is 7.39. The van der Waals surface area contributed by atoms with Crippen LogP contribution in [-0.2, 0) is 6.54 Å². The van der Waals surface area contributed by atoms with Crippen molar-refractivity contribution in [1.82, 2.24) is 4.98 Å². The quantitative estimate of drug-likeness (QED) is 0.516. The van der Waals surface area contributed by atoms with E-state index in [1.165, 1.54) is 6.20 Å². The maximum absolute atomic E-state index is 12.1. The van der Waals surface area contributed by atoms with E-state index < -0.39 is 12.1 Å². The summed E-state index contributed by atoms with van der Waals surface area (Å²) >= 11 is 1.55. The Morgan fingerprint density at radius 1 is 1.56 bits per heavy atom. The van der Waals surface area contributed by atoms with Gasteiger partial charge in [-0.15, -0.1) is 13.2 Å². The highest BCUT2D eigenvalue weighted by molar-refractivity contribution is 14.1. The van der Waals surface area contributed by atoms with Crippen molar-refractivity contribution in [2.45, 2.75) is 12.9 Å². The van der Waals surface area contributed by atoms with Crippen LogP contribution in [0.2, 0.25) is 0 Å². The maximum Gasteiger partial charge on any atom is 0.573 e. The third-order valence-corrected chi connectivity index (χ3v) is 2.44. The van der Waals surface area contributed by atoms with E-state index in [0.717, 1.165) is 0 Å². The number of aldehydes is 1. The molecule has 1 aromatic rings. The molecular formula is C8H6F3IN2O2. The van der Waals surface area contributed by atoms with Crippen molar-refractivity contribution >= 4 is 28.9 Å². The molecule has 16 heavy (non-hydrogen) atoms. The Kier molecular flexibility index (Phi) is 4.08. The van der Waals surface area contributed by atoms with Crippen molar-refractivity contribution in [2.75, 3.05) is 0 Å². The smallest absolute Gasteiger partial charge is 0.402 e. The zero-order valence-electron chi connectivity index (χ0n) is 7.71. The summed E-state index contributed by atoms with van der Waals surface area (Å²) in [7, 11) is 0. The second-order valence-corrected chi connectivity index (χ2v) is 3.71. The fourth-order valence-corrected chi connectivity index (χ4v) is 1.56. The van der Waals surface area contributed by atoms with Crippen LogP contribution in [0.4, 0.5) is 13.2 Å². The number of rotatable bonds is 3. The van der Waals surface area contributed by atoms with Crippen molar-refractivity contribution in [3.63, 3.8) is 0 Å². The van der Waals surface area contributed by atoms with Crippen molar-refractivity contribution < 1.29 is 22.7 Å². The summed E-state index contributed by atoms with van der Waals surface area (Å²) in [5.41, 5.74) is 5.25. The Labute approximate surface area is 102 Å². The molecule has 1 aromatic heterocycles. The van der Waals surface area contributed by atoms with Gasteiger partial charge in [0.15, 0.2) is 12.0 Å². The van der Waals surface area contributed by atoms with Crippen molar-refractivity contribution in [2.24, 2.45) is 5.73 Å². The van der Waals surface area contributed by atoms with Gasteiger partial charge in [-0.05, 0) is 28.2 Å². The van der Waals surface area contributed by atoms with Crippen LogP contribution in [0.3, 0.4) is 0 Å². The normalized spacial score (nSPS) is 11.3. The zero-order chi connectivity index (χ0) is 12.3. The summed E-state index contributed by atoms with van der Waals surface area (Å²) in [6.07, 6.45) is -3.35. The van der Waals surface area contributed by atoms with Gasteiger partial charge in [-0.2, -0.15) is 0 Å². The second-order valence-electron chi connectivity index (χ2n) is 2.69. The summed E-state index contributed by atoms with van der Waals surface area (Å²) < 4.78 is 39.9. The van der Waals surface area contributed by atoms with E-state index >= 15 is 0 Å². The Bertz CT molecular complexity index is 409. The minimum absolute atomic E-state index is 0.0470. The third-order valence-electron chi connectivity index (χ3n) is 1.67. The zero-order valence-corrected chi connectivity index (χ0v) is 9.87. The number of halogens is 4. The topological polar surface area (TPSA) is 65.2 Å². The van der Waals surface area contributed by atoms with Crippen LogP contribution in [0.15, 0.2) is 6.20 Å². The molecule has 0 radical (unpaired) electrons. The lowest BCUT2D eigenvalue weighted by Crippen LogP contribution is -2.20. The second kappa shape index (κ2) is 4.95. The molecule has 0 bridgehead atoms. The molecule has 0 aliphatic rings. The SMILES string of the molecule is NCc1cnc(I)c(OC(F)(F)F)c1C=O. The predicted octanol–water partition coefficient (Wildman–Crippen LogP) is 1.86. The summed E-state index contributed by atoms with van der Waals surface area (Å²) in [6, 6.07) is 0. The van der Waals surface area contributed by atoms with E-state index in [1.807, 2.05) is 0 Å². The Morgan fingerprint density at radius 3 is 2.62 bits per heavy atom. The van der Waals surface area contributed by atoms with E-state index in [1.54, 1.807) is 22.6 Å². The largest absolute Gasteiger partial charge is 0.573 e. The lowest BCUT2D eigenvalue weighted by atomic mass is 10.1. The molecule has 1 rings (SSSR count). The van der Waals surface area contributed by atoms with Crippen LogP contribution in [0, 0.1) is 3.70 Å². The number of aromatic nitrogens is 1. The van der Waals surface area contributed by atoms with E-state index in [9.17, 15) is 18.0 Å². The molecule has 0 aliphatic heterocycles. The molecule has 0 aliphatic carbocycles. The number of carbonyl (C=O) groups excluding carboxylic acids is 1. The first kappa shape index (κ1) is 13.2. The van der Waals surface area contributed by atoms with Crippen LogP contribution >= 0.6 is 22.6 Å². The molecule has 2 N–H and O–H groups in total. The summed E-state index contributed by atoms with van der Waals surface area (Å²) in [4.78, 5) is 14.4. The standard InChI is InChI=1S/C8H6F3IN2O2/c9-8(10,11)16-6-5(3-15)4(1-13)2-14-7(6)12/h2-3H,1,13H2. The molecule has 4 nitrogen and oxygen atoms in total. The molecule has 0 saturated heterocycles. The number of nitrogens with two attached hydrogens (primary N) is 1. The van der Waals surface area contributed by atoms with E-state index in [4.69, 9.17) is 5.73 Å². The molecule has 1 heterocycles. The van der Waals surface area contributed by atoms with Gasteiger partial charge in [-0.3, -0.25) is 4.79 Å². The third kappa shape index (κ3) is 3.04. The van der Waals surface area contributed by atoms with Gasteiger partial charge < -0.3 is 10.5 Å². The van der Waals surface area contributed by atoms with Crippen LogP contribution in [0.5, 0.6) is 5.75 Å². The molecule has 0 saturated carbocycles. The average Bonchev–Trinajstić information content (AvgIpc) is 2.19. The number of hydrogen-bond acceptors (Lipinski definition) is 4.